The van der Waals surface area contributed by atoms with Crippen molar-refractivity contribution in [3.8, 4) is 0 Å². The number of hydrogen-bond acceptors (Lipinski definition) is 9. The normalized spacial score (nSPS) is 15.5. The molecule has 0 aliphatic heterocycles. The highest BCUT2D eigenvalue weighted by atomic mass is 16.4. The Morgan fingerprint density at radius 3 is 1.87 bits per heavy atom. The molecule has 0 radical (unpaired) electrons. The lowest BCUT2D eigenvalue weighted by molar-refractivity contribution is -0.143. The predicted octanol–water partition coefficient (Wildman–Crippen LogP) is -5.03. The van der Waals surface area contributed by atoms with Crippen molar-refractivity contribution in [1.29, 1.82) is 0 Å². The average Bonchev–Trinajstić information content (AvgIpc) is 2.66. The molecule has 0 aromatic carbocycles. The molecule has 0 aliphatic carbocycles. The Morgan fingerprint density at radius 2 is 1.45 bits per heavy atom. The van der Waals surface area contributed by atoms with Gasteiger partial charge in [-0.2, -0.15) is 0 Å². The molecular weight excluding hydrogens is 422 g/mol. The Bertz CT molecular complexity index is 698. The van der Waals surface area contributed by atoms with Gasteiger partial charge in [-0.1, -0.05) is 0 Å². The zero-order valence-corrected chi connectivity index (χ0v) is 16.6. The van der Waals surface area contributed by atoms with E-state index >= 15 is 0 Å². The van der Waals surface area contributed by atoms with Gasteiger partial charge in [-0.15, -0.1) is 0 Å². The van der Waals surface area contributed by atoms with E-state index in [4.69, 9.17) is 26.8 Å². The number of amides is 4. The molecule has 0 aromatic heterocycles. The van der Waals surface area contributed by atoms with Crippen molar-refractivity contribution >= 4 is 35.6 Å². The molecule has 5 atom stereocenters. The van der Waals surface area contributed by atoms with E-state index in [2.05, 4.69) is 10.6 Å². The van der Waals surface area contributed by atoms with Crippen molar-refractivity contribution in [3.05, 3.63) is 0 Å². The van der Waals surface area contributed by atoms with Crippen molar-refractivity contribution in [2.24, 2.45) is 11.5 Å². The largest absolute Gasteiger partial charge is 0.481 e. The highest BCUT2D eigenvalue weighted by Gasteiger charge is 2.33. The number of aliphatic carboxylic acids is 2. The second kappa shape index (κ2) is 13.1. The highest BCUT2D eigenvalue weighted by Crippen LogP contribution is 2.03. The van der Waals surface area contributed by atoms with Crippen molar-refractivity contribution < 1.29 is 49.2 Å². The molecule has 11 N–H and O–H groups in total. The van der Waals surface area contributed by atoms with Crippen molar-refractivity contribution in [2.45, 2.75) is 56.5 Å². The minimum Gasteiger partial charge on any atom is -0.481 e. The Kier molecular flexibility index (Phi) is 11.7. The SMILES string of the molecule is CC(O)C(NC(=O)C(N)CO)C(=O)NC(CC(N)=O)C(=O)NC(CCC(=O)O)C(=O)O. The van der Waals surface area contributed by atoms with Crippen LogP contribution in [0.15, 0.2) is 0 Å². The van der Waals surface area contributed by atoms with E-state index in [9.17, 15) is 33.9 Å². The van der Waals surface area contributed by atoms with Crippen LogP contribution in [0, 0.1) is 0 Å². The molecule has 0 spiro atoms. The third-order valence-corrected chi connectivity index (χ3v) is 3.90. The summed E-state index contributed by atoms with van der Waals surface area (Å²) in [7, 11) is 0. The molecule has 4 amide bonds. The zero-order chi connectivity index (χ0) is 24.3. The van der Waals surface area contributed by atoms with Gasteiger partial charge in [0, 0.05) is 6.42 Å². The van der Waals surface area contributed by atoms with E-state index in [1.165, 1.54) is 0 Å². The lowest BCUT2D eigenvalue weighted by atomic mass is 10.1. The number of carbonyl (C=O) groups excluding carboxylic acids is 4. The fourth-order valence-electron chi connectivity index (χ4n) is 2.22. The number of carboxylic acids is 2. The van der Waals surface area contributed by atoms with E-state index in [-0.39, 0.29) is 0 Å². The van der Waals surface area contributed by atoms with Crippen LogP contribution in [0.4, 0.5) is 0 Å². The minimum absolute atomic E-state index is 0.473. The van der Waals surface area contributed by atoms with Crippen molar-refractivity contribution in [3.63, 3.8) is 0 Å². The second-order valence-corrected chi connectivity index (χ2v) is 6.58. The van der Waals surface area contributed by atoms with Crippen LogP contribution in [0.5, 0.6) is 0 Å². The van der Waals surface area contributed by atoms with Gasteiger partial charge in [0.05, 0.1) is 19.1 Å². The summed E-state index contributed by atoms with van der Waals surface area (Å²) in [6.07, 6.45) is -3.31. The van der Waals surface area contributed by atoms with Gasteiger partial charge in [-0.3, -0.25) is 24.0 Å². The summed E-state index contributed by atoms with van der Waals surface area (Å²) in [6.45, 7) is 0.379. The smallest absolute Gasteiger partial charge is 0.326 e. The lowest BCUT2D eigenvalue weighted by Crippen LogP contribution is -2.60. The van der Waals surface area contributed by atoms with Gasteiger partial charge in [0.2, 0.25) is 23.6 Å². The van der Waals surface area contributed by atoms with Gasteiger partial charge < -0.3 is 47.8 Å². The molecule has 176 valence electrons. The number of nitrogens with one attached hydrogen (secondary N) is 3. The number of carbonyl (C=O) groups is 6. The maximum absolute atomic E-state index is 12.4. The van der Waals surface area contributed by atoms with Crippen molar-refractivity contribution in [2.75, 3.05) is 6.61 Å². The highest BCUT2D eigenvalue weighted by molar-refractivity contribution is 5.96. The lowest BCUT2D eigenvalue weighted by Gasteiger charge is -2.25. The molecule has 31 heavy (non-hydrogen) atoms. The van der Waals surface area contributed by atoms with Gasteiger partial charge in [0.15, 0.2) is 0 Å². The molecule has 15 nitrogen and oxygen atoms in total. The van der Waals surface area contributed by atoms with Crippen LogP contribution in [-0.2, 0) is 28.8 Å². The Hall–Kier alpha value is -3.30. The summed E-state index contributed by atoms with van der Waals surface area (Å²) >= 11 is 0. The van der Waals surface area contributed by atoms with E-state index in [1.54, 1.807) is 0 Å². The van der Waals surface area contributed by atoms with Crippen LogP contribution >= 0.6 is 0 Å². The average molecular weight is 449 g/mol. The van der Waals surface area contributed by atoms with E-state index < -0.39 is 91.7 Å². The number of primary amides is 1. The molecule has 0 heterocycles. The Labute approximate surface area is 176 Å². The molecule has 0 saturated carbocycles. The van der Waals surface area contributed by atoms with Crippen LogP contribution in [0.2, 0.25) is 0 Å². The number of rotatable bonds is 14. The summed E-state index contributed by atoms with van der Waals surface area (Å²) in [4.78, 5) is 69.8. The third kappa shape index (κ3) is 10.3. The minimum atomic E-state index is -1.69. The Morgan fingerprint density at radius 1 is 0.903 bits per heavy atom. The van der Waals surface area contributed by atoms with Crippen LogP contribution in [0.3, 0.4) is 0 Å². The second-order valence-electron chi connectivity index (χ2n) is 6.58. The van der Waals surface area contributed by atoms with Gasteiger partial charge in [-0.25, -0.2) is 4.79 Å². The molecular formula is C16H27N5O10. The first kappa shape index (κ1) is 27.7. The van der Waals surface area contributed by atoms with Crippen LogP contribution in [0.1, 0.15) is 26.2 Å². The predicted molar refractivity (Wildman–Crippen MR) is 101 cm³/mol. The zero-order valence-electron chi connectivity index (χ0n) is 16.6. The Balaban J connectivity index is 5.43. The quantitative estimate of drug-likeness (QED) is 0.121. The standard InChI is InChI=1S/C16H27N5O10/c1-6(23)12(21-13(27)7(17)5-22)15(29)20-9(4-10(18)24)14(28)19-8(16(30)31)2-3-11(25)26/h6-9,12,22-23H,2-5,17H2,1H3,(H2,18,24)(H,19,28)(H,20,29)(H,21,27)(H,25,26)(H,30,31). The maximum Gasteiger partial charge on any atom is 0.326 e. The number of aliphatic hydroxyl groups excluding tert-OH is 2. The summed E-state index contributed by atoms with van der Waals surface area (Å²) < 4.78 is 0. The third-order valence-electron chi connectivity index (χ3n) is 3.90. The maximum atomic E-state index is 12.4. The number of hydrogen-bond donors (Lipinski definition) is 9. The summed E-state index contributed by atoms with van der Waals surface area (Å²) in [5, 5.41) is 42.5. The molecule has 0 aliphatic rings. The fourth-order valence-corrected chi connectivity index (χ4v) is 2.22. The van der Waals surface area contributed by atoms with Gasteiger partial charge >= 0.3 is 11.9 Å². The van der Waals surface area contributed by atoms with E-state index in [1.807, 2.05) is 5.32 Å². The fraction of sp³-hybridized carbons (Fsp3) is 0.625. The number of aliphatic hydroxyl groups is 2. The first-order valence-electron chi connectivity index (χ1n) is 8.98. The van der Waals surface area contributed by atoms with Crippen molar-refractivity contribution in [1.82, 2.24) is 16.0 Å². The van der Waals surface area contributed by atoms with Crippen LogP contribution in [0.25, 0.3) is 0 Å². The molecule has 0 saturated heterocycles. The molecule has 15 heteroatoms. The summed E-state index contributed by atoms with van der Waals surface area (Å²) in [5.41, 5.74) is 10.4. The summed E-state index contributed by atoms with van der Waals surface area (Å²) in [6, 6.07) is -6.37. The molecule has 0 fully saturated rings. The van der Waals surface area contributed by atoms with Crippen LogP contribution in [-0.4, -0.2) is 92.9 Å². The molecule has 0 rings (SSSR count). The first-order chi connectivity index (χ1) is 14.3. The summed E-state index contributed by atoms with van der Waals surface area (Å²) in [5.74, 6) is -7.18. The topological polar surface area (TPSA) is 271 Å². The monoisotopic (exact) mass is 449 g/mol. The first-order valence-corrected chi connectivity index (χ1v) is 8.98. The van der Waals surface area contributed by atoms with Gasteiger partial charge in [0.25, 0.3) is 0 Å². The molecule has 0 bridgehead atoms. The molecule has 0 aromatic rings. The van der Waals surface area contributed by atoms with Crippen LogP contribution < -0.4 is 27.4 Å². The molecule has 5 unspecified atom stereocenters. The van der Waals surface area contributed by atoms with Gasteiger partial charge in [-0.05, 0) is 13.3 Å². The number of nitrogens with two attached hydrogens (primary N) is 2. The number of carboxylic acid groups (broad SMARTS) is 2. The van der Waals surface area contributed by atoms with E-state index in [0.29, 0.717) is 0 Å². The van der Waals surface area contributed by atoms with Gasteiger partial charge in [0.1, 0.15) is 24.2 Å². The van der Waals surface area contributed by atoms with E-state index in [0.717, 1.165) is 6.92 Å².